The normalized spacial score (nSPS) is 11.2. The van der Waals surface area contributed by atoms with Crippen LogP contribution in [0, 0.1) is 0 Å². The molecule has 0 radical (unpaired) electrons. The minimum atomic E-state index is -0.236. The molecule has 74 valence electrons. The first-order chi connectivity index (χ1) is 6.49. The molecule has 3 heteroatoms. The van der Waals surface area contributed by atoms with Crippen LogP contribution in [-0.2, 0) is 5.41 Å². The molecule has 0 bridgehead atoms. The third kappa shape index (κ3) is 3.15. The molecule has 0 heterocycles. The first kappa shape index (κ1) is 12.9. The highest BCUT2D eigenvalue weighted by Gasteiger charge is 2.15. The molecule has 0 amide bonds. The Morgan fingerprint density at radius 3 is 2.36 bits per heavy atom. The van der Waals surface area contributed by atoms with E-state index in [1.165, 1.54) is 14.2 Å². The molecule has 0 aliphatic rings. The fourth-order valence-electron chi connectivity index (χ4n) is 1.35. The molecule has 0 nitrogen and oxygen atoms in total. The van der Waals surface area contributed by atoms with E-state index in [4.69, 9.17) is 0 Å². The van der Waals surface area contributed by atoms with Crippen LogP contribution in [0.25, 0.3) is 0 Å². The van der Waals surface area contributed by atoms with Gasteiger partial charge in [0.25, 0.3) is 0 Å². The van der Waals surface area contributed by atoms with Crippen molar-refractivity contribution in [3.8, 4) is 0 Å². The molecule has 0 saturated carbocycles. The van der Waals surface area contributed by atoms with Crippen molar-refractivity contribution in [2.24, 2.45) is 0 Å². The first-order valence-electron chi connectivity index (χ1n) is 4.72. The van der Waals surface area contributed by atoms with Gasteiger partial charge >= 0.3 is 18.2 Å². The van der Waals surface area contributed by atoms with Crippen LogP contribution in [0.5, 0.6) is 0 Å². The average Bonchev–Trinajstić information content (AvgIpc) is 2.15. The SMILES string of the molecule is CSc1ccc(C(C)(C)C)c[c]1[Mg][Br]. The summed E-state index contributed by atoms with van der Waals surface area (Å²) < 4.78 is 1.53. The summed E-state index contributed by atoms with van der Waals surface area (Å²) in [6.07, 6.45) is 2.15. The van der Waals surface area contributed by atoms with Crippen molar-refractivity contribution in [2.45, 2.75) is 31.1 Å². The van der Waals surface area contributed by atoms with E-state index in [0.717, 1.165) is 0 Å². The molecule has 0 unspecified atom stereocenters. The van der Waals surface area contributed by atoms with Gasteiger partial charge in [-0.05, 0) is 22.1 Å². The Labute approximate surface area is 107 Å². The maximum absolute atomic E-state index is 3.68. The summed E-state index contributed by atoms with van der Waals surface area (Å²) >= 11 is 5.28. The van der Waals surface area contributed by atoms with E-state index in [1.807, 2.05) is 11.8 Å². The molecule has 0 N–H and O–H groups in total. The molecular weight excluding hydrogens is 268 g/mol. The van der Waals surface area contributed by atoms with Gasteiger partial charge in [-0.3, -0.25) is 12.9 Å². The molecular formula is C11H15BrMgS. The second-order valence-corrected chi connectivity index (χ2v) is 7.97. The van der Waals surface area contributed by atoms with Crippen molar-refractivity contribution in [3.05, 3.63) is 23.8 Å². The predicted molar refractivity (Wildman–Crippen MR) is 71.2 cm³/mol. The largest absolute Gasteiger partial charge is 0.508 e. The van der Waals surface area contributed by atoms with Gasteiger partial charge in [0.2, 0.25) is 0 Å². The smallest absolute Gasteiger partial charge is 0.296 e. The van der Waals surface area contributed by atoms with Crippen LogP contribution in [0.2, 0.25) is 0 Å². The first-order valence-corrected chi connectivity index (χ1v) is 10.6. The van der Waals surface area contributed by atoms with Gasteiger partial charge in [0, 0.05) is 0 Å². The number of halogens is 1. The maximum Gasteiger partial charge on any atom is 0.508 e. The van der Waals surface area contributed by atoms with Gasteiger partial charge in [-0.2, -0.15) is 0 Å². The maximum atomic E-state index is 3.68. The highest BCUT2D eigenvalue weighted by molar-refractivity contribution is 9.23. The van der Waals surface area contributed by atoms with Gasteiger partial charge in [-0.25, -0.2) is 0 Å². The summed E-state index contributed by atoms with van der Waals surface area (Å²) in [6, 6.07) is 6.88. The van der Waals surface area contributed by atoms with E-state index in [-0.39, 0.29) is 23.6 Å². The van der Waals surface area contributed by atoms with E-state index in [1.54, 1.807) is 0 Å². The average molecular weight is 284 g/mol. The summed E-state index contributed by atoms with van der Waals surface area (Å²) in [5.41, 5.74) is 1.71. The summed E-state index contributed by atoms with van der Waals surface area (Å²) in [7, 11) is 0. The third-order valence-corrected chi connectivity index (χ3v) is 6.07. The second-order valence-electron chi connectivity index (χ2n) is 4.41. The predicted octanol–water partition coefficient (Wildman–Crippen LogP) is 3.35. The quantitative estimate of drug-likeness (QED) is 0.592. The molecule has 0 spiro atoms. The lowest BCUT2D eigenvalue weighted by atomic mass is 9.87. The Balaban J connectivity index is 3.14. The Morgan fingerprint density at radius 1 is 1.29 bits per heavy atom. The number of rotatable bonds is 2. The van der Waals surface area contributed by atoms with Crippen LogP contribution < -0.4 is 3.69 Å². The highest BCUT2D eigenvalue weighted by atomic mass is 79.9. The van der Waals surface area contributed by atoms with Gasteiger partial charge in [0.05, 0.1) is 0 Å². The van der Waals surface area contributed by atoms with Crippen LogP contribution >= 0.6 is 24.6 Å². The minimum Gasteiger partial charge on any atom is -0.296 e. The third-order valence-electron chi connectivity index (χ3n) is 2.29. The van der Waals surface area contributed by atoms with Crippen LogP contribution in [-0.4, -0.2) is 24.4 Å². The van der Waals surface area contributed by atoms with Crippen molar-refractivity contribution in [1.82, 2.24) is 0 Å². The summed E-state index contributed by atoms with van der Waals surface area (Å²) in [6.45, 7) is 6.79. The van der Waals surface area contributed by atoms with Gasteiger partial charge in [0.1, 0.15) is 0 Å². The van der Waals surface area contributed by atoms with E-state index < -0.39 is 0 Å². The molecule has 0 aliphatic heterocycles. The fourth-order valence-corrected chi connectivity index (χ4v) is 5.02. The Bertz CT molecular complexity index is 318. The highest BCUT2D eigenvalue weighted by Crippen LogP contribution is 2.23. The molecule has 0 fully saturated rings. The van der Waals surface area contributed by atoms with E-state index in [9.17, 15) is 0 Å². The van der Waals surface area contributed by atoms with Gasteiger partial charge in [-0.1, -0.05) is 39.0 Å². The van der Waals surface area contributed by atoms with Crippen molar-refractivity contribution in [1.29, 1.82) is 0 Å². The van der Waals surface area contributed by atoms with Crippen molar-refractivity contribution < 1.29 is 0 Å². The minimum absolute atomic E-state index is 0.236. The van der Waals surface area contributed by atoms with E-state index >= 15 is 0 Å². The Kier molecular flexibility index (Phi) is 4.82. The van der Waals surface area contributed by atoms with Crippen LogP contribution in [0.15, 0.2) is 23.1 Å². The lowest BCUT2D eigenvalue weighted by molar-refractivity contribution is 0.590. The van der Waals surface area contributed by atoms with Crippen LogP contribution in [0.1, 0.15) is 26.3 Å². The summed E-state index contributed by atoms with van der Waals surface area (Å²) in [4.78, 5) is 1.43. The number of hydrogen-bond donors (Lipinski definition) is 0. The Hall–Kier alpha value is 0.816. The van der Waals surface area contributed by atoms with Crippen molar-refractivity contribution >= 4 is 46.5 Å². The molecule has 0 saturated heterocycles. The lowest BCUT2D eigenvalue weighted by Gasteiger charge is -2.21. The zero-order chi connectivity index (χ0) is 10.8. The molecule has 1 aromatic rings. The molecule has 0 aliphatic carbocycles. The van der Waals surface area contributed by atoms with Gasteiger partial charge in [0.15, 0.2) is 0 Å². The number of thioether (sulfide) groups is 1. The lowest BCUT2D eigenvalue weighted by Crippen LogP contribution is -2.18. The topological polar surface area (TPSA) is 0 Å². The Morgan fingerprint density at radius 2 is 1.93 bits per heavy atom. The molecule has 14 heavy (non-hydrogen) atoms. The second kappa shape index (κ2) is 5.24. The number of benzene rings is 1. The molecule has 1 rings (SSSR count). The standard InChI is InChI=1S/C11H15S.BrH.Mg/c1-11(2,3)9-5-7-10(12-4)8-6-9;;/h5-7H,1-4H3;1H;/q;;+1/p-1. The number of hydrogen-bond acceptors (Lipinski definition) is 1. The van der Waals surface area contributed by atoms with Crippen LogP contribution in [0.4, 0.5) is 0 Å². The zero-order valence-corrected chi connectivity index (χ0v) is 13.0. The van der Waals surface area contributed by atoms with E-state index in [0.29, 0.717) is 0 Å². The van der Waals surface area contributed by atoms with Crippen molar-refractivity contribution in [3.63, 3.8) is 0 Å². The van der Waals surface area contributed by atoms with Crippen LogP contribution in [0.3, 0.4) is 0 Å². The molecule has 1 aromatic carbocycles. The zero-order valence-electron chi connectivity index (χ0n) is 9.23. The summed E-state index contributed by atoms with van der Waals surface area (Å²) in [5, 5.41) is 0. The van der Waals surface area contributed by atoms with E-state index in [2.05, 4.69) is 58.1 Å². The van der Waals surface area contributed by atoms with Gasteiger partial charge < -0.3 is 0 Å². The van der Waals surface area contributed by atoms with Gasteiger partial charge in [-0.15, -0.1) is 15.5 Å². The molecule has 0 atom stereocenters. The van der Waals surface area contributed by atoms with Crippen molar-refractivity contribution in [2.75, 3.05) is 6.26 Å². The summed E-state index contributed by atoms with van der Waals surface area (Å²) in [5.74, 6) is 0. The fraction of sp³-hybridized carbons (Fsp3) is 0.455. The monoisotopic (exact) mass is 282 g/mol. The molecule has 0 aromatic heterocycles.